The summed E-state index contributed by atoms with van der Waals surface area (Å²) in [6.07, 6.45) is 3.56. The smallest absolute Gasteiger partial charge is 0.123 e. The average Bonchev–Trinajstić information content (AvgIpc) is 2.33. The lowest BCUT2D eigenvalue weighted by molar-refractivity contribution is 0.486. The molecule has 0 spiro atoms. The quantitative estimate of drug-likeness (QED) is 0.867. The predicted octanol–water partition coefficient (Wildman–Crippen LogP) is 2.85. The highest BCUT2D eigenvalue weighted by atomic mass is 32.2. The number of halogens is 1. The van der Waals surface area contributed by atoms with Gasteiger partial charge in [-0.3, -0.25) is 0 Å². The van der Waals surface area contributed by atoms with E-state index in [1.165, 1.54) is 42.0 Å². The van der Waals surface area contributed by atoms with Crippen molar-refractivity contribution in [2.45, 2.75) is 25.3 Å². The second-order valence-corrected chi connectivity index (χ2v) is 5.44. The van der Waals surface area contributed by atoms with Crippen LogP contribution in [0.5, 0.6) is 0 Å². The van der Waals surface area contributed by atoms with Gasteiger partial charge in [-0.15, -0.1) is 0 Å². The molecule has 0 atom stereocenters. The molecule has 1 aromatic carbocycles. The second-order valence-electron chi connectivity index (χ2n) is 4.22. The molecule has 1 heterocycles. The Morgan fingerprint density at radius 1 is 1.19 bits per heavy atom. The second kappa shape index (κ2) is 6.26. The first-order valence-electron chi connectivity index (χ1n) is 5.90. The van der Waals surface area contributed by atoms with Crippen molar-refractivity contribution in [1.29, 1.82) is 0 Å². The van der Waals surface area contributed by atoms with E-state index in [1.54, 1.807) is 0 Å². The van der Waals surface area contributed by atoms with Crippen molar-refractivity contribution < 1.29 is 4.39 Å². The summed E-state index contributed by atoms with van der Waals surface area (Å²) in [6.45, 7) is 1.00. The van der Waals surface area contributed by atoms with E-state index in [9.17, 15) is 4.39 Å². The van der Waals surface area contributed by atoms with Gasteiger partial charge in [-0.1, -0.05) is 12.1 Å². The average molecular weight is 239 g/mol. The van der Waals surface area contributed by atoms with Gasteiger partial charge in [0.2, 0.25) is 0 Å². The summed E-state index contributed by atoms with van der Waals surface area (Å²) in [6, 6.07) is 7.50. The van der Waals surface area contributed by atoms with Gasteiger partial charge >= 0.3 is 0 Å². The predicted molar refractivity (Wildman–Crippen MR) is 68.5 cm³/mol. The first kappa shape index (κ1) is 11.9. The van der Waals surface area contributed by atoms with Gasteiger partial charge in [0, 0.05) is 6.04 Å². The first-order valence-corrected chi connectivity index (χ1v) is 7.05. The molecule has 1 fully saturated rings. The van der Waals surface area contributed by atoms with Crippen LogP contribution in [-0.4, -0.2) is 24.1 Å². The third-order valence-corrected chi connectivity index (χ3v) is 4.03. The van der Waals surface area contributed by atoms with Gasteiger partial charge in [0.05, 0.1) is 0 Å². The fourth-order valence-electron chi connectivity index (χ4n) is 1.97. The molecule has 0 unspecified atom stereocenters. The van der Waals surface area contributed by atoms with Crippen molar-refractivity contribution in [3.8, 4) is 0 Å². The SMILES string of the molecule is Fc1ccc(CCNC2CCSCC2)cc1. The summed E-state index contributed by atoms with van der Waals surface area (Å²) in [5.41, 5.74) is 1.21. The van der Waals surface area contributed by atoms with Crippen LogP contribution < -0.4 is 5.32 Å². The van der Waals surface area contributed by atoms with Crippen molar-refractivity contribution in [3.63, 3.8) is 0 Å². The Kier molecular flexibility index (Phi) is 4.67. The lowest BCUT2D eigenvalue weighted by Gasteiger charge is -2.22. The van der Waals surface area contributed by atoms with Gasteiger partial charge in [0.1, 0.15) is 5.82 Å². The maximum atomic E-state index is 12.7. The number of nitrogens with one attached hydrogen (secondary N) is 1. The van der Waals surface area contributed by atoms with Gasteiger partial charge < -0.3 is 5.32 Å². The molecule has 0 amide bonds. The molecule has 88 valence electrons. The van der Waals surface area contributed by atoms with E-state index in [1.807, 2.05) is 23.9 Å². The Balaban J connectivity index is 1.69. The van der Waals surface area contributed by atoms with Gasteiger partial charge in [-0.05, 0) is 55.0 Å². The number of thioether (sulfide) groups is 1. The number of rotatable bonds is 4. The van der Waals surface area contributed by atoms with Crippen molar-refractivity contribution >= 4 is 11.8 Å². The van der Waals surface area contributed by atoms with Crippen LogP contribution in [0.2, 0.25) is 0 Å². The van der Waals surface area contributed by atoms with Crippen LogP contribution in [0.25, 0.3) is 0 Å². The first-order chi connectivity index (χ1) is 7.84. The lowest BCUT2D eigenvalue weighted by atomic mass is 10.1. The monoisotopic (exact) mass is 239 g/mol. The van der Waals surface area contributed by atoms with Crippen molar-refractivity contribution in [1.82, 2.24) is 5.32 Å². The fraction of sp³-hybridized carbons (Fsp3) is 0.538. The van der Waals surface area contributed by atoms with E-state index in [2.05, 4.69) is 5.32 Å². The maximum absolute atomic E-state index is 12.7. The molecule has 0 bridgehead atoms. The van der Waals surface area contributed by atoms with Gasteiger partial charge in [-0.25, -0.2) is 4.39 Å². The van der Waals surface area contributed by atoms with E-state index >= 15 is 0 Å². The third-order valence-electron chi connectivity index (χ3n) is 2.98. The molecule has 0 aliphatic carbocycles. The Bertz CT molecular complexity index is 306. The summed E-state index contributed by atoms with van der Waals surface area (Å²) in [4.78, 5) is 0. The highest BCUT2D eigenvalue weighted by Crippen LogP contribution is 2.16. The van der Waals surface area contributed by atoms with Crippen LogP contribution in [-0.2, 0) is 6.42 Å². The maximum Gasteiger partial charge on any atom is 0.123 e. The zero-order valence-electron chi connectivity index (χ0n) is 9.42. The van der Waals surface area contributed by atoms with Crippen LogP contribution in [0.15, 0.2) is 24.3 Å². The highest BCUT2D eigenvalue weighted by Gasteiger charge is 2.11. The van der Waals surface area contributed by atoms with E-state index < -0.39 is 0 Å². The van der Waals surface area contributed by atoms with E-state index in [-0.39, 0.29) is 5.82 Å². The molecule has 1 aromatic rings. The minimum Gasteiger partial charge on any atom is -0.314 e. The van der Waals surface area contributed by atoms with Crippen molar-refractivity contribution in [2.24, 2.45) is 0 Å². The summed E-state index contributed by atoms with van der Waals surface area (Å²) in [7, 11) is 0. The molecular weight excluding hydrogens is 221 g/mol. The largest absolute Gasteiger partial charge is 0.314 e. The van der Waals surface area contributed by atoms with E-state index in [0.29, 0.717) is 6.04 Å². The molecule has 1 aliphatic rings. The van der Waals surface area contributed by atoms with Crippen LogP contribution >= 0.6 is 11.8 Å². The third kappa shape index (κ3) is 3.80. The molecule has 1 nitrogen and oxygen atoms in total. The Morgan fingerprint density at radius 3 is 2.56 bits per heavy atom. The molecule has 1 saturated heterocycles. The molecule has 1 aliphatic heterocycles. The van der Waals surface area contributed by atoms with Crippen LogP contribution in [0, 0.1) is 5.82 Å². The minimum absolute atomic E-state index is 0.152. The van der Waals surface area contributed by atoms with E-state index in [4.69, 9.17) is 0 Å². The van der Waals surface area contributed by atoms with Crippen LogP contribution in [0.4, 0.5) is 4.39 Å². The molecular formula is C13H18FNS. The summed E-state index contributed by atoms with van der Waals surface area (Å²) in [5.74, 6) is 2.42. The summed E-state index contributed by atoms with van der Waals surface area (Å²) < 4.78 is 12.7. The summed E-state index contributed by atoms with van der Waals surface area (Å²) in [5, 5.41) is 3.58. The zero-order chi connectivity index (χ0) is 11.2. The molecule has 2 rings (SSSR count). The zero-order valence-corrected chi connectivity index (χ0v) is 10.2. The molecule has 16 heavy (non-hydrogen) atoms. The Hall–Kier alpha value is -0.540. The number of benzene rings is 1. The minimum atomic E-state index is -0.152. The van der Waals surface area contributed by atoms with Crippen molar-refractivity contribution in [3.05, 3.63) is 35.6 Å². The lowest BCUT2D eigenvalue weighted by Crippen LogP contribution is -2.33. The molecule has 1 N–H and O–H groups in total. The fourth-order valence-corrected chi connectivity index (χ4v) is 3.08. The van der Waals surface area contributed by atoms with E-state index in [0.717, 1.165) is 13.0 Å². The summed E-state index contributed by atoms with van der Waals surface area (Å²) >= 11 is 2.05. The Labute approximate surface area is 101 Å². The molecule has 0 saturated carbocycles. The van der Waals surface area contributed by atoms with Crippen molar-refractivity contribution in [2.75, 3.05) is 18.1 Å². The molecule has 3 heteroatoms. The molecule has 0 aromatic heterocycles. The van der Waals surface area contributed by atoms with Crippen LogP contribution in [0.3, 0.4) is 0 Å². The van der Waals surface area contributed by atoms with Gasteiger partial charge in [0.15, 0.2) is 0 Å². The normalized spacial score (nSPS) is 17.6. The van der Waals surface area contributed by atoms with Gasteiger partial charge in [-0.2, -0.15) is 11.8 Å². The number of hydrogen-bond donors (Lipinski definition) is 1. The number of hydrogen-bond acceptors (Lipinski definition) is 2. The standard InChI is InChI=1S/C13H18FNS/c14-12-3-1-11(2-4-12)5-8-15-13-6-9-16-10-7-13/h1-4,13,15H,5-10H2. The topological polar surface area (TPSA) is 12.0 Å². The molecule has 0 radical (unpaired) electrons. The van der Waals surface area contributed by atoms with Gasteiger partial charge in [0.25, 0.3) is 0 Å². The highest BCUT2D eigenvalue weighted by molar-refractivity contribution is 7.99. The Morgan fingerprint density at radius 2 is 1.88 bits per heavy atom. The van der Waals surface area contributed by atoms with Crippen LogP contribution in [0.1, 0.15) is 18.4 Å².